The predicted octanol–water partition coefficient (Wildman–Crippen LogP) is 3.64. The second kappa shape index (κ2) is 8.54. The van der Waals surface area contributed by atoms with Crippen molar-refractivity contribution in [2.75, 3.05) is 13.7 Å². The van der Waals surface area contributed by atoms with E-state index in [2.05, 4.69) is 15.3 Å². The van der Waals surface area contributed by atoms with E-state index in [-0.39, 0.29) is 5.91 Å². The molecule has 2 aromatic carbocycles. The summed E-state index contributed by atoms with van der Waals surface area (Å²) >= 11 is 5.84. The Labute approximate surface area is 157 Å². The standard InChI is InChI=1S/C20H20ClN3O2/c1-26-18-8-4-15(5-9-18)20-23-13-17(24-20)10-11-22-19(25)12-14-2-6-16(21)7-3-14/h2-9,13H,10-12H2,1H3,(H,22,25)(H,23,24). The molecular weight excluding hydrogens is 350 g/mol. The van der Waals surface area contributed by atoms with Crippen molar-refractivity contribution in [2.24, 2.45) is 0 Å². The minimum atomic E-state index is -0.0118. The molecule has 1 aromatic heterocycles. The van der Waals surface area contributed by atoms with Crippen LogP contribution in [0.5, 0.6) is 5.75 Å². The number of amides is 1. The number of methoxy groups -OCH3 is 1. The number of ether oxygens (including phenoxy) is 1. The predicted molar refractivity (Wildman–Crippen MR) is 102 cm³/mol. The van der Waals surface area contributed by atoms with Crippen molar-refractivity contribution >= 4 is 17.5 Å². The van der Waals surface area contributed by atoms with Gasteiger partial charge in [0.05, 0.1) is 13.5 Å². The quantitative estimate of drug-likeness (QED) is 0.668. The lowest BCUT2D eigenvalue weighted by molar-refractivity contribution is -0.120. The Bertz CT molecular complexity index is 858. The molecule has 1 amide bonds. The Morgan fingerprint density at radius 3 is 2.58 bits per heavy atom. The van der Waals surface area contributed by atoms with E-state index in [0.717, 1.165) is 28.4 Å². The lowest BCUT2D eigenvalue weighted by Gasteiger charge is -2.05. The first-order chi connectivity index (χ1) is 12.6. The molecule has 134 valence electrons. The highest BCUT2D eigenvalue weighted by molar-refractivity contribution is 6.30. The highest BCUT2D eigenvalue weighted by Crippen LogP contribution is 2.19. The molecule has 3 rings (SSSR count). The molecule has 6 heteroatoms. The largest absolute Gasteiger partial charge is 0.497 e. The summed E-state index contributed by atoms with van der Waals surface area (Å²) in [5.74, 6) is 1.60. The molecule has 0 aliphatic heterocycles. The number of hydrogen-bond acceptors (Lipinski definition) is 3. The van der Waals surface area contributed by atoms with Gasteiger partial charge in [-0.15, -0.1) is 0 Å². The molecule has 1 heterocycles. The first-order valence-electron chi connectivity index (χ1n) is 8.33. The summed E-state index contributed by atoms with van der Waals surface area (Å²) in [6.45, 7) is 0.552. The Kier molecular flexibility index (Phi) is 5.92. The highest BCUT2D eigenvalue weighted by Gasteiger charge is 2.06. The lowest BCUT2D eigenvalue weighted by atomic mass is 10.1. The van der Waals surface area contributed by atoms with Crippen LogP contribution in [0, 0.1) is 0 Å². The third-order valence-electron chi connectivity index (χ3n) is 3.99. The Hall–Kier alpha value is -2.79. The molecular formula is C20H20ClN3O2. The lowest BCUT2D eigenvalue weighted by Crippen LogP contribution is -2.27. The van der Waals surface area contributed by atoms with Gasteiger partial charge in [-0.05, 0) is 42.0 Å². The Morgan fingerprint density at radius 1 is 1.15 bits per heavy atom. The molecule has 0 aliphatic rings. The molecule has 26 heavy (non-hydrogen) atoms. The van der Waals surface area contributed by atoms with Gasteiger partial charge < -0.3 is 15.0 Å². The first-order valence-corrected chi connectivity index (χ1v) is 8.71. The minimum absolute atomic E-state index is 0.0118. The second-order valence-corrected chi connectivity index (χ2v) is 6.33. The average molecular weight is 370 g/mol. The zero-order chi connectivity index (χ0) is 18.4. The van der Waals surface area contributed by atoms with Gasteiger partial charge in [-0.3, -0.25) is 4.79 Å². The summed E-state index contributed by atoms with van der Waals surface area (Å²) in [4.78, 5) is 19.7. The number of nitrogens with zero attached hydrogens (tertiary/aromatic N) is 1. The van der Waals surface area contributed by atoms with Crippen molar-refractivity contribution in [1.29, 1.82) is 0 Å². The van der Waals surface area contributed by atoms with Crippen molar-refractivity contribution in [3.63, 3.8) is 0 Å². The monoisotopic (exact) mass is 369 g/mol. The van der Waals surface area contributed by atoms with Crippen LogP contribution >= 0.6 is 11.6 Å². The van der Waals surface area contributed by atoms with Crippen molar-refractivity contribution in [3.05, 3.63) is 71.0 Å². The molecule has 2 N–H and O–H groups in total. The normalized spacial score (nSPS) is 10.5. The van der Waals surface area contributed by atoms with Gasteiger partial charge in [0.15, 0.2) is 0 Å². The number of carbonyl (C=O) groups is 1. The van der Waals surface area contributed by atoms with Crippen LogP contribution in [0.4, 0.5) is 0 Å². The number of benzene rings is 2. The van der Waals surface area contributed by atoms with E-state index in [1.807, 2.05) is 36.4 Å². The fourth-order valence-electron chi connectivity index (χ4n) is 2.57. The van der Waals surface area contributed by atoms with Crippen LogP contribution < -0.4 is 10.1 Å². The SMILES string of the molecule is COc1ccc(-c2ncc(CCNC(=O)Cc3ccc(Cl)cc3)[nH]2)cc1. The Balaban J connectivity index is 1.48. The van der Waals surface area contributed by atoms with Gasteiger partial charge in [0.2, 0.25) is 5.91 Å². The van der Waals surface area contributed by atoms with Gasteiger partial charge in [-0.2, -0.15) is 0 Å². The number of hydrogen-bond donors (Lipinski definition) is 2. The topological polar surface area (TPSA) is 67.0 Å². The molecule has 0 spiro atoms. The van der Waals surface area contributed by atoms with E-state index >= 15 is 0 Å². The molecule has 5 nitrogen and oxygen atoms in total. The van der Waals surface area contributed by atoms with Crippen molar-refractivity contribution < 1.29 is 9.53 Å². The molecule has 0 atom stereocenters. The maximum Gasteiger partial charge on any atom is 0.224 e. The Morgan fingerprint density at radius 2 is 1.88 bits per heavy atom. The van der Waals surface area contributed by atoms with Crippen LogP contribution in [0.3, 0.4) is 0 Å². The molecule has 0 saturated carbocycles. The van der Waals surface area contributed by atoms with Crippen LogP contribution in [0.2, 0.25) is 5.02 Å². The zero-order valence-electron chi connectivity index (χ0n) is 14.5. The molecule has 0 fully saturated rings. The van der Waals surface area contributed by atoms with Crippen LogP contribution in [0.15, 0.2) is 54.7 Å². The molecule has 0 aliphatic carbocycles. The summed E-state index contributed by atoms with van der Waals surface area (Å²) in [7, 11) is 1.64. The number of carbonyl (C=O) groups excluding carboxylic acids is 1. The molecule has 0 bridgehead atoms. The van der Waals surface area contributed by atoms with E-state index in [4.69, 9.17) is 16.3 Å². The van der Waals surface area contributed by atoms with Gasteiger partial charge in [0, 0.05) is 35.4 Å². The molecule has 3 aromatic rings. The molecule has 0 radical (unpaired) electrons. The van der Waals surface area contributed by atoms with E-state index in [0.29, 0.717) is 24.4 Å². The molecule has 0 saturated heterocycles. The number of aromatic nitrogens is 2. The fraction of sp³-hybridized carbons (Fsp3) is 0.200. The van der Waals surface area contributed by atoms with Crippen LogP contribution in [-0.2, 0) is 17.6 Å². The van der Waals surface area contributed by atoms with Crippen LogP contribution in [-0.4, -0.2) is 29.5 Å². The van der Waals surface area contributed by atoms with Crippen LogP contribution in [0.25, 0.3) is 11.4 Å². The first kappa shape index (κ1) is 18.0. The second-order valence-electron chi connectivity index (χ2n) is 5.89. The number of aromatic amines is 1. The summed E-state index contributed by atoms with van der Waals surface area (Å²) in [6.07, 6.45) is 2.83. The molecule has 0 unspecified atom stereocenters. The third kappa shape index (κ3) is 4.86. The average Bonchev–Trinajstić information content (AvgIpc) is 3.12. The van der Waals surface area contributed by atoms with Crippen molar-refractivity contribution in [3.8, 4) is 17.1 Å². The van der Waals surface area contributed by atoms with Crippen LogP contribution in [0.1, 0.15) is 11.3 Å². The summed E-state index contributed by atoms with van der Waals surface area (Å²) < 4.78 is 5.16. The van der Waals surface area contributed by atoms with Gasteiger partial charge in [0.1, 0.15) is 11.6 Å². The fourth-order valence-corrected chi connectivity index (χ4v) is 2.69. The van der Waals surface area contributed by atoms with E-state index in [1.54, 1.807) is 25.4 Å². The smallest absolute Gasteiger partial charge is 0.224 e. The number of halogens is 1. The van der Waals surface area contributed by atoms with Gasteiger partial charge >= 0.3 is 0 Å². The van der Waals surface area contributed by atoms with Crippen molar-refractivity contribution in [1.82, 2.24) is 15.3 Å². The summed E-state index contributed by atoms with van der Waals surface area (Å²) in [5.41, 5.74) is 2.90. The number of H-pyrrole nitrogens is 1. The number of imidazole rings is 1. The number of nitrogens with one attached hydrogen (secondary N) is 2. The third-order valence-corrected chi connectivity index (χ3v) is 4.24. The van der Waals surface area contributed by atoms with E-state index in [9.17, 15) is 4.79 Å². The maximum atomic E-state index is 12.0. The maximum absolute atomic E-state index is 12.0. The summed E-state index contributed by atoms with van der Waals surface area (Å²) in [5, 5.41) is 3.59. The van der Waals surface area contributed by atoms with E-state index < -0.39 is 0 Å². The highest BCUT2D eigenvalue weighted by atomic mass is 35.5. The van der Waals surface area contributed by atoms with Crippen molar-refractivity contribution in [2.45, 2.75) is 12.8 Å². The van der Waals surface area contributed by atoms with Gasteiger partial charge in [-0.25, -0.2) is 4.98 Å². The zero-order valence-corrected chi connectivity index (χ0v) is 15.2. The van der Waals surface area contributed by atoms with Gasteiger partial charge in [0.25, 0.3) is 0 Å². The van der Waals surface area contributed by atoms with E-state index in [1.165, 1.54) is 0 Å². The number of rotatable bonds is 7. The summed E-state index contributed by atoms with van der Waals surface area (Å²) in [6, 6.07) is 15.0. The minimum Gasteiger partial charge on any atom is -0.497 e. The van der Waals surface area contributed by atoms with Gasteiger partial charge in [-0.1, -0.05) is 23.7 Å².